The summed E-state index contributed by atoms with van der Waals surface area (Å²) in [6, 6.07) is 7.31. The van der Waals surface area contributed by atoms with Gasteiger partial charge in [0, 0.05) is 42.3 Å². The van der Waals surface area contributed by atoms with E-state index < -0.39 is 0 Å². The van der Waals surface area contributed by atoms with E-state index in [2.05, 4.69) is 10.4 Å². The van der Waals surface area contributed by atoms with E-state index in [9.17, 15) is 9.59 Å². The molecule has 160 valence electrons. The van der Waals surface area contributed by atoms with Crippen molar-refractivity contribution < 1.29 is 19.1 Å². The molecule has 9 heteroatoms. The van der Waals surface area contributed by atoms with Gasteiger partial charge < -0.3 is 19.7 Å². The summed E-state index contributed by atoms with van der Waals surface area (Å²) in [4.78, 5) is 27.0. The van der Waals surface area contributed by atoms with Crippen LogP contribution < -0.4 is 5.32 Å². The topological polar surface area (TPSA) is 85.7 Å². The third kappa shape index (κ3) is 4.66. The summed E-state index contributed by atoms with van der Waals surface area (Å²) in [5, 5.41) is 8.09. The lowest BCUT2D eigenvalue weighted by Crippen LogP contribution is -2.41. The Labute approximate surface area is 180 Å². The van der Waals surface area contributed by atoms with Crippen molar-refractivity contribution in [2.24, 2.45) is 0 Å². The van der Waals surface area contributed by atoms with Crippen LogP contribution in [0.15, 0.2) is 24.3 Å². The van der Waals surface area contributed by atoms with Gasteiger partial charge in [-0.1, -0.05) is 29.8 Å². The number of rotatable bonds is 6. The highest BCUT2D eigenvalue weighted by Crippen LogP contribution is 2.22. The van der Waals surface area contributed by atoms with E-state index in [0.717, 1.165) is 16.8 Å². The van der Waals surface area contributed by atoms with Crippen LogP contribution in [0.5, 0.6) is 0 Å². The lowest BCUT2D eigenvalue weighted by Gasteiger charge is -2.26. The van der Waals surface area contributed by atoms with Gasteiger partial charge in [0.1, 0.15) is 0 Å². The number of benzene rings is 1. The lowest BCUT2D eigenvalue weighted by molar-refractivity contribution is -0.120. The molecule has 1 aromatic carbocycles. The summed E-state index contributed by atoms with van der Waals surface area (Å²) < 4.78 is 12.7. The fraction of sp³-hybridized carbons (Fsp3) is 0.476. The van der Waals surface area contributed by atoms with E-state index in [-0.39, 0.29) is 18.2 Å². The van der Waals surface area contributed by atoms with E-state index in [4.69, 9.17) is 21.1 Å². The minimum absolute atomic E-state index is 0.0819. The molecule has 1 N–H and O–H groups in total. The Balaban J connectivity index is 1.40. The number of carbonyl (C=O) groups excluding carboxylic acids is 2. The van der Waals surface area contributed by atoms with Crippen LogP contribution in [0, 0.1) is 0 Å². The van der Waals surface area contributed by atoms with Crippen LogP contribution in [0.4, 0.5) is 0 Å². The monoisotopic (exact) mass is 432 g/mol. The molecule has 0 unspecified atom stereocenters. The van der Waals surface area contributed by atoms with Crippen molar-refractivity contribution in [2.45, 2.75) is 26.0 Å². The molecule has 2 amide bonds. The van der Waals surface area contributed by atoms with E-state index in [1.165, 1.54) is 0 Å². The number of aromatic nitrogens is 2. The molecule has 1 aromatic heterocycles. The maximum atomic E-state index is 13.0. The second-order valence-corrected chi connectivity index (χ2v) is 7.73. The Morgan fingerprint density at radius 3 is 2.73 bits per heavy atom. The number of nitrogens with one attached hydrogen (secondary N) is 1. The summed E-state index contributed by atoms with van der Waals surface area (Å²) in [6.45, 7) is 4.13. The Kier molecular flexibility index (Phi) is 6.66. The predicted molar refractivity (Wildman–Crippen MR) is 110 cm³/mol. The molecule has 2 aliphatic heterocycles. The minimum atomic E-state index is -0.0999. The van der Waals surface area contributed by atoms with E-state index >= 15 is 0 Å². The van der Waals surface area contributed by atoms with Gasteiger partial charge in [0.15, 0.2) is 5.69 Å². The van der Waals surface area contributed by atoms with Gasteiger partial charge in [-0.15, -0.1) is 0 Å². The molecule has 0 spiro atoms. The zero-order valence-corrected chi connectivity index (χ0v) is 17.5. The third-order valence-corrected chi connectivity index (χ3v) is 5.72. The number of hydrogen-bond donors (Lipinski definition) is 1. The fourth-order valence-corrected chi connectivity index (χ4v) is 3.96. The first-order chi connectivity index (χ1) is 14.6. The van der Waals surface area contributed by atoms with Crippen molar-refractivity contribution in [2.75, 3.05) is 39.5 Å². The molecule has 4 rings (SSSR count). The highest BCUT2D eigenvalue weighted by atomic mass is 35.5. The average molecular weight is 433 g/mol. The van der Waals surface area contributed by atoms with E-state index in [1.54, 1.807) is 11.0 Å². The normalized spacial score (nSPS) is 16.2. The van der Waals surface area contributed by atoms with Crippen LogP contribution >= 0.6 is 11.6 Å². The summed E-state index contributed by atoms with van der Waals surface area (Å²) in [5.41, 5.74) is 3.12. The van der Waals surface area contributed by atoms with Gasteiger partial charge >= 0.3 is 0 Å². The van der Waals surface area contributed by atoms with Crippen molar-refractivity contribution >= 4 is 23.4 Å². The number of ether oxygens (including phenoxy) is 2. The number of fused-ring (bicyclic) bond motifs is 1. The van der Waals surface area contributed by atoms with E-state index in [0.29, 0.717) is 69.7 Å². The van der Waals surface area contributed by atoms with Gasteiger partial charge in [0.05, 0.1) is 39.4 Å². The number of hydrogen-bond acceptors (Lipinski definition) is 5. The molecule has 0 atom stereocenters. The van der Waals surface area contributed by atoms with Gasteiger partial charge in [0.2, 0.25) is 5.91 Å². The zero-order valence-electron chi connectivity index (χ0n) is 16.7. The average Bonchev–Trinajstić information content (AvgIpc) is 3.14. The van der Waals surface area contributed by atoms with Crippen molar-refractivity contribution in [3.05, 3.63) is 51.8 Å². The molecule has 2 aromatic rings. The van der Waals surface area contributed by atoms with Crippen molar-refractivity contribution in [3.8, 4) is 0 Å². The first-order valence-corrected chi connectivity index (χ1v) is 10.5. The summed E-state index contributed by atoms with van der Waals surface area (Å²) in [5.74, 6) is -0.182. The van der Waals surface area contributed by atoms with Gasteiger partial charge in [-0.3, -0.25) is 14.3 Å². The van der Waals surface area contributed by atoms with Crippen LogP contribution in [-0.4, -0.2) is 65.9 Å². The molecular formula is C21H25ClN4O4. The highest BCUT2D eigenvalue weighted by molar-refractivity contribution is 6.31. The predicted octanol–water partition coefficient (Wildman–Crippen LogP) is 1.44. The number of amides is 2. The third-order valence-electron chi connectivity index (χ3n) is 5.35. The Morgan fingerprint density at radius 1 is 1.13 bits per heavy atom. The van der Waals surface area contributed by atoms with Crippen LogP contribution in [0.2, 0.25) is 5.02 Å². The van der Waals surface area contributed by atoms with Gasteiger partial charge in [-0.25, -0.2) is 0 Å². The Hall–Kier alpha value is -2.42. The number of halogens is 1. The molecular weight excluding hydrogens is 408 g/mol. The first kappa shape index (κ1) is 20.8. The summed E-state index contributed by atoms with van der Waals surface area (Å²) in [7, 11) is 0. The molecule has 0 radical (unpaired) electrons. The summed E-state index contributed by atoms with van der Waals surface area (Å²) in [6.07, 6.45) is 0.928. The van der Waals surface area contributed by atoms with Crippen LogP contribution in [-0.2, 0) is 40.3 Å². The highest BCUT2D eigenvalue weighted by Gasteiger charge is 2.29. The molecule has 3 heterocycles. The molecule has 2 aliphatic rings. The van der Waals surface area contributed by atoms with Crippen molar-refractivity contribution in [1.82, 2.24) is 20.0 Å². The molecule has 1 fully saturated rings. The molecule has 0 aliphatic carbocycles. The molecule has 8 nitrogen and oxygen atoms in total. The molecule has 30 heavy (non-hydrogen) atoms. The quantitative estimate of drug-likeness (QED) is 0.746. The summed E-state index contributed by atoms with van der Waals surface area (Å²) >= 11 is 6.12. The maximum Gasteiger partial charge on any atom is 0.274 e. The SMILES string of the molecule is O=C(Cc1ccccc1Cl)NCCn1nc(C(=O)N2CCOCC2)c2c1CCOC2. The van der Waals surface area contributed by atoms with Gasteiger partial charge in [-0.05, 0) is 11.6 Å². The largest absolute Gasteiger partial charge is 0.378 e. The minimum Gasteiger partial charge on any atom is -0.378 e. The van der Waals surface area contributed by atoms with Crippen LogP contribution in [0.1, 0.15) is 27.3 Å². The lowest BCUT2D eigenvalue weighted by atomic mass is 10.1. The van der Waals surface area contributed by atoms with Crippen LogP contribution in [0.25, 0.3) is 0 Å². The van der Waals surface area contributed by atoms with Crippen molar-refractivity contribution in [1.29, 1.82) is 0 Å². The molecule has 0 saturated carbocycles. The second-order valence-electron chi connectivity index (χ2n) is 7.32. The second kappa shape index (κ2) is 9.59. The first-order valence-electron chi connectivity index (χ1n) is 10.2. The number of morpholine rings is 1. The van der Waals surface area contributed by atoms with Gasteiger partial charge in [-0.2, -0.15) is 5.10 Å². The standard InChI is InChI=1S/C21H25ClN4O4/c22-17-4-2-1-3-15(17)13-19(27)23-6-7-26-18-5-10-30-14-16(18)20(24-26)21(28)25-8-11-29-12-9-25/h1-4H,5-14H2,(H,23,27). The van der Waals surface area contributed by atoms with Gasteiger partial charge in [0.25, 0.3) is 5.91 Å². The maximum absolute atomic E-state index is 13.0. The molecule has 0 bridgehead atoms. The zero-order chi connectivity index (χ0) is 20.9. The smallest absolute Gasteiger partial charge is 0.274 e. The molecule has 1 saturated heterocycles. The number of nitrogens with zero attached hydrogens (tertiary/aromatic N) is 3. The fourth-order valence-electron chi connectivity index (χ4n) is 3.76. The van der Waals surface area contributed by atoms with E-state index in [1.807, 2.05) is 22.9 Å². The Morgan fingerprint density at radius 2 is 1.93 bits per heavy atom. The Bertz CT molecular complexity index is 924. The van der Waals surface area contributed by atoms with Crippen molar-refractivity contribution in [3.63, 3.8) is 0 Å². The van der Waals surface area contributed by atoms with Crippen LogP contribution in [0.3, 0.4) is 0 Å². The number of carbonyl (C=O) groups is 2.